The van der Waals surface area contributed by atoms with Crippen LogP contribution in [0.15, 0.2) is 24.3 Å². The zero-order valence-corrected chi connectivity index (χ0v) is 13.9. The van der Waals surface area contributed by atoms with Crippen LogP contribution in [-0.4, -0.2) is 37.3 Å². The Balaban J connectivity index is 0.000000131. The maximum atomic E-state index is 6.02. The first-order valence-corrected chi connectivity index (χ1v) is 8.89. The van der Waals surface area contributed by atoms with Crippen molar-refractivity contribution in [3.63, 3.8) is 0 Å². The van der Waals surface area contributed by atoms with E-state index in [0.717, 1.165) is 25.9 Å². The van der Waals surface area contributed by atoms with Gasteiger partial charge in [-0.05, 0) is 50.4 Å². The lowest BCUT2D eigenvalue weighted by Crippen LogP contribution is -2.40. The molecule has 2 aliphatic carbocycles. The number of hydrogen-bond donors (Lipinski definition) is 4. The molecule has 8 unspecified atom stereocenters. The van der Waals surface area contributed by atoms with E-state index >= 15 is 0 Å². The summed E-state index contributed by atoms with van der Waals surface area (Å²) in [5.74, 6) is 2.77. The Labute approximate surface area is 134 Å². The minimum Gasteiger partial charge on any atom is -0.327 e. The summed E-state index contributed by atoms with van der Waals surface area (Å²) < 4.78 is 0. The van der Waals surface area contributed by atoms with Crippen LogP contribution < -0.4 is 22.1 Å². The fraction of sp³-hybridized carbons (Fsp3) is 0.778. The summed E-state index contributed by atoms with van der Waals surface area (Å²) >= 11 is 0. The summed E-state index contributed by atoms with van der Waals surface area (Å²) in [6.45, 7) is 6.71. The summed E-state index contributed by atoms with van der Waals surface area (Å²) in [6, 6.07) is 2.01. The number of hydrogen-bond acceptors (Lipinski definition) is 4. The number of nitrogens with two attached hydrogens (primary N) is 2. The van der Waals surface area contributed by atoms with E-state index in [2.05, 4.69) is 48.8 Å². The molecular formula is C18H32N4. The average molecular weight is 304 g/mol. The molecular weight excluding hydrogens is 272 g/mol. The second-order valence-corrected chi connectivity index (χ2v) is 7.53. The summed E-state index contributed by atoms with van der Waals surface area (Å²) in [5.41, 5.74) is 12.0. The van der Waals surface area contributed by atoms with Gasteiger partial charge in [0, 0.05) is 37.3 Å². The Hall–Kier alpha value is -0.680. The van der Waals surface area contributed by atoms with Crippen LogP contribution in [0.3, 0.4) is 0 Å². The van der Waals surface area contributed by atoms with Crippen molar-refractivity contribution in [3.8, 4) is 0 Å². The van der Waals surface area contributed by atoms with E-state index in [1.807, 2.05) is 0 Å². The van der Waals surface area contributed by atoms with E-state index < -0.39 is 0 Å². The van der Waals surface area contributed by atoms with Crippen LogP contribution in [0.25, 0.3) is 0 Å². The van der Waals surface area contributed by atoms with Crippen LogP contribution in [0.5, 0.6) is 0 Å². The van der Waals surface area contributed by atoms with Gasteiger partial charge in [-0.15, -0.1) is 0 Å². The van der Waals surface area contributed by atoms with E-state index in [4.69, 9.17) is 11.5 Å². The third-order valence-electron chi connectivity index (χ3n) is 6.10. The number of fused-ring (bicyclic) bond motifs is 2. The fourth-order valence-electron chi connectivity index (χ4n) is 4.70. The highest BCUT2D eigenvalue weighted by atomic mass is 15.0. The third kappa shape index (κ3) is 3.16. The molecule has 0 radical (unpaired) electrons. The second kappa shape index (κ2) is 6.83. The van der Waals surface area contributed by atoms with Crippen LogP contribution in [0.1, 0.15) is 26.7 Å². The molecule has 124 valence electrons. The van der Waals surface area contributed by atoms with Gasteiger partial charge in [-0.3, -0.25) is 0 Å². The Morgan fingerprint density at radius 3 is 2.27 bits per heavy atom. The third-order valence-corrected chi connectivity index (χ3v) is 6.10. The van der Waals surface area contributed by atoms with Crippen LogP contribution in [0.4, 0.5) is 0 Å². The van der Waals surface area contributed by atoms with Crippen molar-refractivity contribution >= 4 is 0 Å². The van der Waals surface area contributed by atoms with Crippen molar-refractivity contribution in [3.05, 3.63) is 24.3 Å². The minimum atomic E-state index is 0.384. The molecule has 2 heterocycles. The molecule has 0 aromatic rings. The van der Waals surface area contributed by atoms with Gasteiger partial charge >= 0.3 is 0 Å². The molecule has 0 amide bonds. The molecule has 0 aromatic carbocycles. The lowest BCUT2D eigenvalue weighted by atomic mass is 9.80. The highest BCUT2D eigenvalue weighted by Gasteiger charge is 2.37. The monoisotopic (exact) mass is 304 g/mol. The lowest BCUT2D eigenvalue weighted by Gasteiger charge is -2.28. The Kier molecular flexibility index (Phi) is 5.03. The van der Waals surface area contributed by atoms with E-state index in [1.54, 1.807) is 0 Å². The molecule has 6 N–H and O–H groups in total. The Morgan fingerprint density at radius 2 is 1.55 bits per heavy atom. The zero-order valence-electron chi connectivity index (χ0n) is 13.9. The molecule has 4 rings (SSSR count). The highest BCUT2D eigenvalue weighted by molar-refractivity contribution is 5.10. The van der Waals surface area contributed by atoms with E-state index in [0.29, 0.717) is 47.8 Å². The van der Waals surface area contributed by atoms with E-state index in [1.165, 1.54) is 0 Å². The molecule has 2 saturated heterocycles. The molecule has 0 aromatic heterocycles. The molecule has 4 aliphatic rings. The minimum absolute atomic E-state index is 0.384. The molecule has 4 nitrogen and oxygen atoms in total. The van der Waals surface area contributed by atoms with Gasteiger partial charge in [-0.25, -0.2) is 0 Å². The largest absolute Gasteiger partial charge is 0.327 e. The molecule has 2 aliphatic heterocycles. The van der Waals surface area contributed by atoms with Gasteiger partial charge in [0.15, 0.2) is 0 Å². The van der Waals surface area contributed by atoms with Crippen molar-refractivity contribution in [2.45, 2.75) is 50.9 Å². The predicted octanol–water partition coefficient (Wildman–Crippen LogP) is 0.995. The molecule has 0 bridgehead atoms. The molecule has 2 fully saturated rings. The van der Waals surface area contributed by atoms with Crippen LogP contribution >= 0.6 is 0 Å². The van der Waals surface area contributed by atoms with E-state index in [9.17, 15) is 0 Å². The first-order valence-electron chi connectivity index (χ1n) is 8.89. The van der Waals surface area contributed by atoms with Gasteiger partial charge in [0.2, 0.25) is 0 Å². The van der Waals surface area contributed by atoms with Gasteiger partial charge in [0.1, 0.15) is 0 Å². The van der Waals surface area contributed by atoms with Gasteiger partial charge < -0.3 is 22.1 Å². The lowest BCUT2D eigenvalue weighted by molar-refractivity contribution is 0.334. The predicted molar refractivity (Wildman–Crippen MR) is 92.4 cm³/mol. The van der Waals surface area contributed by atoms with Gasteiger partial charge in [-0.1, -0.05) is 24.3 Å². The molecule has 0 saturated carbocycles. The first-order chi connectivity index (χ1) is 10.6. The summed E-state index contributed by atoms with van der Waals surface area (Å²) in [7, 11) is 0. The first kappa shape index (κ1) is 16.2. The topological polar surface area (TPSA) is 76.1 Å². The maximum Gasteiger partial charge on any atom is 0.0123 e. The van der Waals surface area contributed by atoms with Crippen molar-refractivity contribution in [2.24, 2.45) is 35.1 Å². The normalized spacial score (nSPS) is 49.3. The standard InChI is InChI=1S/2C9H16N2/c1-6-7-3-2-4-9(10)8(7)5-11-6;1-6-9-7(5-11-6)3-2-4-8(9)10/h2*2-3,6-9,11H,4-5,10H2,1H3. The average Bonchev–Trinajstić information content (AvgIpc) is 3.06. The SMILES string of the molecule is CC1NCC2C(N)CC=CC12.CC1NCC2C=CCC(N)C21. The van der Waals surface area contributed by atoms with Crippen molar-refractivity contribution < 1.29 is 0 Å². The van der Waals surface area contributed by atoms with Crippen LogP contribution in [0.2, 0.25) is 0 Å². The van der Waals surface area contributed by atoms with Crippen molar-refractivity contribution in [2.75, 3.05) is 13.1 Å². The number of nitrogens with one attached hydrogen (secondary N) is 2. The maximum absolute atomic E-state index is 6.02. The Bertz CT molecular complexity index is 433. The van der Waals surface area contributed by atoms with E-state index in [-0.39, 0.29) is 0 Å². The van der Waals surface area contributed by atoms with Crippen molar-refractivity contribution in [1.29, 1.82) is 0 Å². The molecule has 0 spiro atoms. The summed E-state index contributed by atoms with van der Waals surface area (Å²) in [6.07, 6.45) is 11.2. The number of rotatable bonds is 0. The van der Waals surface area contributed by atoms with Crippen LogP contribution in [0, 0.1) is 23.7 Å². The van der Waals surface area contributed by atoms with Gasteiger partial charge in [0.25, 0.3) is 0 Å². The summed E-state index contributed by atoms with van der Waals surface area (Å²) in [5, 5.41) is 6.92. The quantitative estimate of drug-likeness (QED) is 0.504. The highest BCUT2D eigenvalue weighted by Crippen LogP contribution is 2.31. The fourth-order valence-corrected chi connectivity index (χ4v) is 4.70. The second-order valence-electron chi connectivity index (χ2n) is 7.53. The molecule has 8 atom stereocenters. The van der Waals surface area contributed by atoms with Gasteiger partial charge in [-0.2, -0.15) is 0 Å². The Morgan fingerprint density at radius 1 is 0.864 bits per heavy atom. The summed E-state index contributed by atoms with van der Waals surface area (Å²) in [4.78, 5) is 0. The smallest absolute Gasteiger partial charge is 0.0123 e. The van der Waals surface area contributed by atoms with Crippen LogP contribution in [-0.2, 0) is 0 Å². The van der Waals surface area contributed by atoms with Gasteiger partial charge in [0.05, 0.1) is 0 Å². The molecule has 4 heteroatoms. The van der Waals surface area contributed by atoms with Crippen molar-refractivity contribution in [1.82, 2.24) is 10.6 Å². The zero-order chi connectivity index (χ0) is 15.7. The molecule has 22 heavy (non-hydrogen) atoms.